The lowest BCUT2D eigenvalue weighted by atomic mass is 9.91. The third kappa shape index (κ3) is 4.77. The number of hydrogen-bond donors (Lipinski definition) is 1. The van der Waals surface area contributed by atoms with Crippen LogP contribution >= 0.6 is 11.6 Å². The zero-order valence-electron chi connectivity index (χ0n) is 10.6. The molecule has 0 fully saturated rings. The molecule has 1 unspecified atom stereocenters. The first-order valence-corrected chi connectivity index (χ1v) is 6.22. The summed E-state index contributed by atoms with van der Waals surface area (Å²) in [6, 6.07) is 10.4. The van der Waals surface area contributed by atoms with Crippen molar-refractivity contribution in [3.05, 3.63) is 34.9 Å². The van der Waals surface area contributed by atoms with Gasteiger partial charge in [-0.2, -0.15) is 5.26 Å². The van der Waals surface area contributed by atoms with Crippen LogP contribution in [0, 0.1) is 16.7 Å². The fourth-order valence-corrected chi connectivity index (χ4v) is 1.65. The molecule has 0 aliphatic rings. The highest BCUT2D eigenvalue weighted by Gasteiger charge is 2.16. The van der Waals surface area contributed by atoms with Crippen molar-refractivity contribution >= 4 is 11.6 Å². The highest BCUT2D eigenvalue weighted by Crippen LogP contribution is 2.19. The number of benzene rings is 1. The Morgan fingerprint density at radius 1 is 1.35 bits per heavy atom. The van der Waals surface area contributed by atoms with Gasteiger partial charge in [-0.1, -0.05) is 23.7 Å². The van der Waals surface area contributed by atoms with Gasteiger partial charge >= 0.3 is 0 Å². The van der Waals surface area contributed by atoms with Gasteiger partial charge in [-0.3, -0.25) is 0 Å². The molecule has 2 nitrogen and oxygen atoms in total. The van der Waals surface area contributed by atoms with E-state index in [2.05, 4.69) is 18.3 Å². The second kappa shape index (κ2) is 6.05. The predicted octanol–water partition coefficient (Wildman–Crippen LogP) is 3.93. The van der Waals surface area contributed by atoms with Crippen LogP contribution < -0.4 is 5.32 Å². The second-order valence-electron chi connectivity index (χ2n) is 4.97. The van der Waals surface area contributed by atoms with E-state index < -0.39 is 0 Å². The summed E-state index contributed by atoms with van der Waals surface area (Å²) in [5.41, 5.74) is 0.955. The van der Waals surface area contributed by atoms with Crippen LogP contribution in [0.3, 0.4) is 0 Å². The Balaban J connectivity index is 2.43. The Morgan fingerprint density at radius 2 is 1.94 bits per heavy atom. The van der Waals surface area contributed by atoms with E-state index >= 15 is 0 Å². The van der Waals surface area contributed by atoms with Gasteiger partial charge in [0.2, 0.25) is 0 Å². The summed E-state index contributed by atoms with van der Waals surface area (Å²) in [5, 5.41) is 13.1. The fourth-order valence-electron chi connectivity index (χ4n) is 1.53. The van der Waals surface area contributed by atoms with E-state index in [1.807, 2.05) is 38.1 Å². The first kappa shape index (κ1) is 14.0. The van der Waals surface area contributed by atoms with Gasteiger partial charge in [-0.25, -0.2) is 0 Å². The van der Waals surface area contributed by atoms with E-state index in [0.29, 0.717) is 0 Å². The molecule has 0 heterocycles. The second-order valence-corrected chi connectivity index (χ2v) is 5.41. The van der Waals surface area contributed by atoms with E-state index in [9.17, 15) is 0 Å². The maximum Gasteiger partial charge on any atom is 0.0684 e. The van der Waals surface area contributed by atoms with E-state index in [-0.39, 0.29) is 11.5 Å². The normalized spacial score (nSPS) is 13.1. The van der Waals surface area contributed by atoms with Crippen LogP contribution in [-0.2, 0) is 0 Å². The maximum atomic E-state index is 8.91. The smallest absolute Gasteiger partial charge is 0.0684 e. The van der Waals surface area contributed by atoms with Crippen molar-refractivity contribution < 1.29 is 0 Å². The molecule has 0 radical (unpaired) electrons. The van der Waals surface area contributed by atoms with Crippen LogP contribution in [-0.4, -0.2) is 6.54 Å². The number of hydrogen-bond acceptors (Lipinski definition) is 2. The van der Waals surface area contributed by atoms with Gasteiger partial charge in [0.15, 0.2) is 0 Å². The summed E-state index contributed by atoms with van der Waals surface area (Å²) in [5.74, 6) is 0. The van der Waals surface area contributed by atoms with Crippen molar-refractivity contribution in [1.29, 1.82) is 5.26 Å². The van der Waals surface area contributed by atoms with Crippen molar-refractivity contribution in [2.75, 3.05) is 6.54 Å². The lowest BCUT2D eigenvalue weighted by Gasteiger charge is -2.19. The highest BCUT2D eigenvalue weighted by molar-refractivity contribution is 6.30. The largest absolute Gasteiger partial charge is 0.310 e. The molecule has 3 heteroatoms. The topological polar surface area (TPSA) is 35.8 Å². The molecule has 1 N–H and O–H groups in total. The standard InChI is InChI=1S/C14H19ClN2/c1-11(12-4-6-13(15)7-5-12)17-9-8-14(2,3)10-16/h4-7,11,17H,8-9H2,1-3H3. The minimum atomic E-state index is -0.257. The molecule has 1 aromatic rings. The van der Waals surface area contributed by atoms with E-state index in [1.54, 1.807) is 0 Å². The first-order chi connectivity index (χ1) is 7.94. The molecule has 0 spiro atoms. The minimum absolute atomic E-state index is 0.257. The summed E-state index contributed by atoms with van der Waals surface area (Å²) < 4.78 is 0. The Hall–Kier alpha value is -1.04. The summed E-state index contributed by atoms with van der Waals surface area (Å²) >= 11 is 5.84. The van der Waals surface area contributed by atoms with Gasteiger partial charge < -0.3 is 5.32 Å². The summed E-state index contributed by atoms with van der Waals surface area (Å²) in [6.45, 7) is 6.87. The molecular weight excluding hydrogens is 232 g/mol. The van der Waals surface area contributed by atoms with Crippen LogP contribution in [0.5, 0.6) is 0 Å². The average Bonchev–Trinajstić information content (AvgIpc) is 2.29. The molecule has 0 bridgehead atoms. The monoisotopic (exact) mass is 250 g/mol. The maximum absolute atomic E-state index is 8.91. The molecular formula is C14H19ClN2. The highest BCUT2D eigenvalue weighted by atomic mass is 35.5. The predicted molar refractivity (Wildman–Crippen MR) is 71.9 cm³/mol. The van der Waals surface area contributed by atoms with Gasteiger partial charge in [0, 0.05) is 11.1 Å². The fraction of sp³-hybridized carbons (Fsp3) is 0.500. The number of nitriles is 1. The molecule has 1 rings (SSSR count). The third-order valence-corrected chi connectivity index (χ3v) is 3.13. The van der Waals surface area contributed by atoms with Crippen LogP contribution in [0.4, 0.5) is 0 Å². The summed E-state index contributed by atoms with van der Waals surface area (Å²) in [6.07, 6.45) is 0.849. The molecule has 1 atom stereocenters. The molecule has 0 saturated heterocycles. The van der Waals surface area contributed by atoms with Gasteiger partial charge in [0.1, 0.15) is 0 Å². The van der Waals surface area contributed by atoms with Crippen molar-refractivity contribution in [2.45, 2.75) is 33.2 Å². The molecule has 92 valence electrons. The Labute approximate surface area is 109 Å². The van der Waals surface area contributed by atoms with Gasteiger partial charge in [-0.15, -0.1) is 0 Å². The summed E-state index contributed by atoms with van der Waals surface area (Å²) in [7, 11) is 0. The summed E-state index contributed by atoms with van der Waals surface area (Å²) in [4.78, 5) is 0. The van der Waals surface area contributed by atoms with E-state index in [1.165, 1.54) is 5.56 Å². The van der Waals surface area contributed by atoms with Crippen LogP contribution in [0.15, 0.2) is 24.3 Å². The average molecular weight is 251 g/mol. The van der Waals surface area contributed by atoms with Crippen LogP contribution in [0.1, 0.15) is 38.8 Å². The molecule has 17 heavy (non-hydrogen) atoms. The number of halogens is 1. The quantitative estimate of drug-likeness (QED) is 0.860. The van der Waals surface area contributed by atoms with Crippen molar-refractivity contribution in [3.8, 4) is 6.07 Å². The molecule has 0 aliphatic carbocycles. The Kier molecular flexibility index (Phi) is 4.99. The van der Waals surface area contributed by atoms with E-state index in [0.717, 1.165) is 18.0 Å². The molecule has 1 aromatic carbocycles. The van der Waals surface area contributed by atoms with Crippen molar-refractivity contribution in [3.63, 3.8) is 0 Å². The molecule has 0 amide bonds. The Morgan fingerprint density at radius 3 is 2.47 bits per heavy atom. The first-order valence-electron chi connectivity index (χ1n) is 5.85. The van der Waals surface area contributed by atoms with Crippen LogP contribution in [0.25, 0.3) is 0 Å². The minimum Gasteiger partial charge on any atom is -0.310 e. The lowest BCUT2D eigenvalue weighted by molar-refractivity contribution is 0.416. The SMILES string of the molecule is CC(NCCC(C)(C)C#N)c1ccc(Cl)cc1. The lowest BCUT2D eigenvalue weighted by Crippen LogP contribution is -2.24. The zero-order chi connectivity index (χ0) is 12.9. The molecule has 0 saturated carbocycles. The van der Waals surface area contributed by atoms with Gasteiger partial charge in [0.05, 0.1) is 11.5 Å². The third-order valence-electron chi connectivity index (χ3n) is 2.87. The number of nitrogens with zero attached hydrogens (tertiary/aromatic N) is 1. The zero-order valence-corrected chi connectivity index (χ0v) is 11.4. The van der Waals surface area contributed by atoms with Crippen molar-refractivity contribution in [1.82, 2.24) is 5.32 Å². The van der Waals surface area contributed by atoms with Gasteiger partial charge in [-0.05, 0) is 51.4 Å². The Bertz CT molecular complexity index is 390. The van der Waals surface area contributed by atoms with Crippen molar-refractivity contribution in [2.24, 2.45) is 5.41 Å². The van der Waals surface area contributed by atoms with Crippen LogP contribution in [0.2, 0.25) is 5.02 Å². The molecule has 0 aromatic heterocycles. The van der Waals surface area contributed by atoms with Gasteiger partial charge in [0.25, 0.3) is 0 Å². The van der Waals surface area contributed by atoms with E-state index in [4.69, 9.17) is 16.9 Å². The molecule has 0 aliphatic heterocycles. The number of rotatable bonds is 5. The number of nitrogens with one attached hydrogen (secondary N) is 1.